The molecule has 16 heavy (non-hydrogen) atoms. The maximum Gasteiger partial charge on any atom is 0.307 e. The van der Waals surface area contributed by atoms with E-state index < -0.39 is 11.9 Å². The quantitative estimate of drug-likeness (QED) is 0.725. The first-order valence-electron chi connectivity index (χ1n) is 5.58. The molecule has 0 aromatic carbocycles. The topological polar surface area (TPSA) is 75.6 Å². The number of rotatable bonds is 5. The van der Waals surface area contributed by atoms with E-state index in [1.165, 1.54) is 0 Å². The highest BCUT2D eigenvalue weighted by Crippen LogP contribution is 2.32. The van der Waals surface area contributed by atoms with Crippen LogP contribution in [0.25, 0.3) is 0 Å². The van der Waals surface area contributed by atoms with E-state index in [-0.39, 0.29) is 17.9 Å². The monoisotopic (exact) mass is 229 g/mol. The molecule has 0 spiro atoms. The second-order valence-corrected chi connectivity index (χ2v) is 4.35. The molecule has 0 heterocycles. The first-order chi connectivity index (χ1) is 7.56. The fourth-order valence-corrected chi connectivity index (χ4v) is 2.21. The number of nitrogens with one attached hydrogen (secondary N) is 1. The number of hydrogen-bond donors (Lipinski definition) is 2. The first-order valence-corrected chi connectivity index (χ1v) is 5.58. The Labute approximate surface area is 95.2 Å². The molecule has 1 unspecified atom stereocenters. The average molecular weight is 229 g/mol. The largest absolute Gasteiger partial charge is 0.481 e. The number of carboxylic acid groups (broad SMARTS) is 1. The molecular formula is C11H19NO4. The number of methoxy groups -OCH3 is 1. The Kier molecular flexibility index (Phi) is 4.73. The van der Waals surface area contributed by atoms with E-state index in [1.54, 1.807) is 7.11 Å². The minimum absolute atomic E-state index is 0.0763. The molecule has 1 rings (SSSR count). The highest BCUT2D eigenvalue weighted by molar-refractivity contribution is 5.85. The lowest BCUT2D eigenvalue weighted by molar-refractivity contribution is -0.146. The van der Waals surface area contributed by atoms with E-state index in [4.69, 9.17) is 9.84 Å². The van der Waals surface area contributed by atoms with Crippen molar-refractivity contribution >= 4 is 11.9 Å². The Balaban J connectivity index is 2.49. The summed E-state index contributed by atoms with van der Waals surface area (Å²) < 4.78 is 4.91. The van der Waals surface area contributed by atoms with Gasteiger partial charge in [0.15, 0.2) is 0 Å². The van der Waals surface area contributed by atoms with Crippen molar-refractivity contribution in [3.8, 4) is 0 Å². The maximum absolute atomic E-state index is 11.8. The lowest BCUT2D eigenvalue weighted by Gasteiger charge is -2.19. The molecule has 0 aromatic rings. The normalized spacial score (nSPS) is 26.4. The van der Waals surface area contributed by atoms with Crippen molar-refractivity contribution in [2.75, 3.05) is 13.7 Å². The van der Waals surface area contributed by atoms with Crippen LogP contribution >= 0.6 is 0 Å². The van der Waals surface area contributed by atoms with Crippen molar-refractivity contribution in [1.82, 2.24) is 5.32 Å². The highest BCUT2D eigenvalue weighted by Gasteiger charge is 2.37. The summed E-state index contributed by atoms with van der Waals surface area (Å²) in [6.45, 7) is 2.28. The zero-order valence-corrected chi connectivity index (χ0v) is 9.73. The van der Waals surface area contributed by atoms with Gasteiger partial charge in [0, 0.05) is 13.2 Å². The third kappa shape index (κ3) is 3.20. The van der Waals surface area contributed by atoms with Crippen LogP contribution in [-0.4, -0.2) is 36.7 Å². The number of ether oxygens (including phenoxy) is 1. The zero-order valence-electron chi connectivity index (χ0n) is 9.73. The average Bonchev–Trinajstić information content (AvgIpc) is 2.65. The minimum Gasteiger partial charge on any atom is -0.481 e. The lowest BCUT2D eigenvalue weighted by atomic mass is 9.95. The summed E-state index contributed by atoms with van der Waals surface area (Å²) in [5.74, 6) is -1.92. The van der Waals surface area contributed by atoms with Crippen molar-refractivity contribution < 1.29 is 19.4 Å². The van der Waals surface area contributed by atoms with E-state index in [1.807, 2.05) is 6.92 Å². The van der Waals surface area contributed by atoms with Crippen molar-refractivity contribution in [1.29, 1.82) is 0 Å². The van der Waals surface area contributed by atoms with Crippen molar-refractivity contribution in [2.24, 2.45) is 11.8 Å². The molecule has 0 radical (unpaired) electrons. The molecule has 0 aromatic heterocycles. The summed E-state index contributed by atoms with van der Waals surface area (Å²) in [5.41, 5.74) is 0. The summed E-state index contributed by atoms with van der Waals surface area (Å²) in [7, 11) is 1.57. The van der Waals surface area contributed by atoms with Crippen LogP contribution < -0.4 is 5.32 Å². The number of amides is 1. The molecule has 5 nitrogen and oxygen atoms in total. The van der Waals surface area contributed by atoms with Gasteiger partial charge in [0.25, 0.3) is 0 Å². The van der Waals surface area contributed by atoms with Crippen LogP contribution in [0.15, 0.2) is 0 Å². The number of hydrogen-bond acceptors (Lipinski definition) is 3. The predicted octanol–water partition coefficient (Wildman–Crippen LogP) is 0.638. The van der Waals surface area contributed by atoms with Gasteiger partial charge in [0.05, 0.1) is 18.4 Å². The summed E-state index contributed by atoms with van der Waals surface area (Å²) in [5, 5.41) is 11.7. The van der Waals surface area contributed by atoms with Gasteiger partial charge in [-0.3, -0.25) is 9.59 Å². The SMILES string of the molecule is COCC(C)NC(=O)[C@@H]1CCC[C@@H]1C(=O)O. The van der Waals surface area contributed by atoms with Crippen LogP contribution in [0, 0.1) is 11.8 Å². The standard InChI is InChI=1S/C11H19NO4/c1-7(6-16-2)12-10(13)8-4-3-5-9(8)11(14)15/h7-9H,3-6H2,1-2H3,(H,12,13)(H,14,15)/t7?,8-,9+/m1/s1. The lowest BCUT2D eigenvalue weighted by Crippen LogP contribution is -2.41. The molecule has 1 aliphatic carbocycles. The number of carbonyl (C=O) groups is 2. The van der Waals surface area contributed by atoms with Gasteiger partial charge in [-0.05, 0) is 19.8 Å². The van der Waals surface area contributed by atoms with Gasteiger partial charge >= 0.3 is 5.97 Å². The number of aliphatic carboxylic acids is 1. The van der Waals surface area contributed by atoms with Crippen LogP contribution in [0.5, 0.6) is 0 Å². The van der Waals surface area contributed by atoms with Gasteiger partial charge < -0.3 is 15.2 Å². The molecule has 0 saturated heterocycles. The van der Waals surface area contributed by atoms with E-state index in [0.717, 1.165) is 6.42 Å². The minimum atomic E-state index is -0.864. The van der Waals surface area contributed by atoms with E-state index in [9.17, 15) is 9.59 Å². The second-order valence-electron chi connectivity index (χ2n) is 4.35. The van der Waals surface area contributed by atoms with E-state index in [2.05, 4.69) is 5.32 Å². The third-order valence-corrected chi connectivity index (χ3v) is 2.98. The zero-order chi connectivity index (χ0) is 12.1. The van der Waals surface area contributed by atoms with Gasteiger partial charge in [-0.15, -0.1) is 0 Å². The fraction of sp³-hybridized carbons (Fsp3) is 0.818. The Morgan fingerprint density at radius 3 is 2.62 bits per heavy atom. The molecule has 1 saturated carbocycles. The molecule has 0 aliphatic heterocycles. The highest BCUT2D eigenvalue weighted by atomic mass is 16.5. The predicted molar refractivity (Wildman–Crippen MR) is 57.9 cm³/mol. The molecule has 1 aliphatic rings. The molecule has 1 amide bonds. The summed E-state index contributed by atoms with van der Waals surface area (Å²) in [4.78, 5) is 22.7. The van der Waals surface area contributed by atoms with Gasteiger partial charge in [-0.25, -0.2) is 0 Å². The Bertz CT molecular complexity index is 267. The van der Waals surface area contributed by atoms with Gasteiger partial charge in [-0.1, -0.05) is 6.42 Å². The number of carboxylic acids is 1. The smallest absolute Gasteiger partial charge is 0.307 e. The third-order valence-electron chi connectivity index (χ3n) is 2.98. The van der Waals surface area contributed by atoms with Gasteiger partial charge in [0.2, 0.25) is 5.91 Å². The van der Waals surface area contributed by atoms with E-state index >= 15 is 0 Å². The summed E-state index contributed by atoms with van der Waals surface area (Å²) in [6, 6.07) is -0.0763. The van der Waals surface area contributed by atoms with Crippen LogP contribution in [0.3, 0.4) is 0 Å². The maximum atomic E-state index is 11.8. The van der Waals surface area contributed by atoms with Crippen molar-refractivity contribution in [3.63, 3.8) is 0 Å². The van der Waals surface area contributed by atoms with E-state index in [0.29, 0.717) is 19.4 Å². The Morgan fingerprint density at radius 2 is 2.06 bits per heavy atom. The van der Waals surface area contributed by atoms with Crippen LogP contribution in [0.4, 0.5) is 0 Å². The molecule has 0 bridgehead atoms. The molecule has 2 N–H and O–H groups in total. The molecular weight excluding hydrogens is 210 g/mol. The van der Waals surface area contributed by atoms with Gasteiger partial charge in [0.1, 0.15) is 0 Å². The Hall–Kier alpha value is -1.10. The van der Waals surface area contributed by atoms with Gasteiger partial charge in [-0.2, -0.15) is 0 Å². The first kappa shape index (κ1) is 13.0. The second kappa shape index (κ2) is 5.84. The van der Waals surface area contributed by atoms with Crippen LogP contribution in [-0.2, 0) is 14.3 Å². The van der Waals surface area contributed by atoms with Crippen LogP contribution in [0.1, 0.15) is 26.2 Å². The molecule has 92 valence electrons. The number of carbonyl (C=O) groups excluding carboxylic acids is 1. The molecule has 3 atom stereocenters. The molecule has 1 fully saturated rings. The fourth-order valence-electron chi connectivity index (χ4n) is 2.21. The molecule has 5 heteroatoms. The van der Waals surface area contributed by atoms with Crippen molar-refractivity contribution in [2.45, 2.75) is 32.2 Å². The van der Waals surface area contributed by atoms with Crippen molar-refractivity contribution in [3.05, 3.63) is 0 Å². The Morgan fingerprint density at radius 1 is 1.44 bits per heavy atom. The summed E-state index contributed by atoms with van der Waals surface area (Å²) >= 11 is 0. The van der Waals surface area contributed by atoms with Crippen LogP contribution in [0.2, 0.25) is 0 Å². The summed E-state index contributed by atoms with van der Waals surface area (Å²) in [6.07, 6.45) is 2.09.